The third-order valence-corrected chi connectivity index (χ3v) is 7.20. The SMILES string of the molecule is Cc1ccc(Nc2ncc(F)c(NC3CC(C)(C)N(C)C(C)(C)C3)n2)cc1S(N)(=O)=O. The molecule has 4 N–H and O–H groups in total. The largest absolute Gasteiger partial charge is 0.365 e. The molecule has 1 aliphatic rings. The molecule has 31 heavy (non-hydrogen) atoms. The van der Waals surface area contributed by atoms with E-state index in [1.807, 2.05) is 0 Å². The minimum absolute atomic E-state index is 0.00810. The van der Waals surface area contributed by atoms with Gasteiger partial charge in [0.1, 0.15) is 0 Å². The number of nitrogens with zero attached hydrogens (tertiary/aromatic N) is 3. The van der Waals surface area contributed by atoms with Crippen LogP contribution in [0.4, 0.5) is 21.8 Å². The Balaban J connectivity index is 1.83. The summed E-state index contributed by atoms with van der Waals surface area (Å²) in [5, 5.41) is 11.4. The molecule has 0 aliphatic carbocycles. The molecular weight excluding hydrogens is 419 g/mol. The molecule has 1 saturated heterocycles. The molecule has 170 valence electrons. The van der Waals surface area contributed by atoms with Crippen molar-refractivity contribution in [2.75, 3.05) is 17.7 Å². The van der Waals surface area contributed by atoms with Crippen molar-refractivity contribution in [1.82, 2.24) is 14.9 Å². The standard InChI is InChI=1S/C21H31FN6O2S/c1-13-7-8-14(9-17(13)31(23,29)30)26-19-24-12-16(22)18(27-19)25-15-10-20(2,3)28(6)21(4,5)11-15/h7-9,12,15H,10-11H2,1-6H3,(H2,23,29,30)(H2,24,25,26,27). The van der Waals surface area contributed by atoms with Gasteiger partial charge in [-0.15, -0.1) is 0 Å². The Hall–Kier alpha value is -2.30. The fourth-order valence-corrected chi connectivity index (χ4v) is 5.12. The highest BCUT2D eigenvalue weighted by Gasteiger charge is 2.43. The molecule has 0 spiro atoms. The molecule has 1 fully saturated rings. The maximum atomic E-state index is 14.5. The van der Waals surface area contributed by atoms with E-state index in [9.17, 15) is 12.8 Å². The Kier molecular flexibility index (Phi) is 6.03. The van der Waals surface area contributed by atoms with E-state index in [2.05, 4.69) is 60.2 Å². The molecule has 1 aromatic heterocycles. The van der Waals surface area contributed by atoms with Crippen LogP contribution in [0.3, 0.4) is 0 Å². The number of piperidine rings is 1. The second-order valence-electron chi connectivity index (χ2n) is 9.47. The van der Waals surface area contributed by atoms with Crippen molar-refractivity contribution in [3.63, 3.8) is 0 Å². The van der Waals surface area contributed by atoms with Gasteiger partial charge in [-0.1, -0.05) is 6.07 Å². The van der Waals surface area contributed by atoms with E-state index in [1.165, 1.54) is 6.07 Å². The number of sulfonamides is 1. The van der Waals surface area contributed by atoms with Gasteiger partial charge in [-0.25, -0.2) is 22.9 Å². The van der Waals surface area contributed by atoms with Crippen LogP contribution in [0.1, 0.15) is 46.1 Å². The number of aryl methyl sites for hydroxylation is 1. The highest BCUT2D eigenvalue weighted by atomic mass is 32.2. The van der Waals surface area contributed by atoms with E-state index in [-0.39, 0.29) is 33.8 Å². The lowest BCUT2D eigenvalue weighted by Gasteiger charge is -2.53. The maximum absolute atomic E-state index is 14.5. The molecule has 0 amide bonds. The van der Waals surface area contributed by atoms with Crippen molar-refractivity contribution in [1.29, 1.82) is 0 Å². The molecule has 1 aliphatic heterocycles. The average molecular weight is 451 g/mol. The monoisotopic (exact) mass is 450 g/mol. The summed E-state index contributed by atoms with van der Waals surface area (Å²) in [5.41, 5.74) is 0.850. The van der Waals surface area contributed by atoms with Gasteiger partial charge in [0.15, 0.2) is 11.6 Å². The molecule has 2 aromatic rings. The average Bonchev–Trinajstić information content (AvgIpc) is 2.62. The molecule has 8 nitrogen and oxygen atoms in total. The van der Waals surface area contributed by atoms with Crippen LogP contribution in [0.2, 0.25) is 0 Å². The number of halogens is 1. The lowest BCUT2D eigenvalue weighted by atomic mass is 9.77. The van der Waals surface area contributed by atoms with Gasteiger partial charge in [0.05, 0.1) is 11.1 Å². The molecule has 2 heterocycles. The Morgan fingerprint density at radius 1 is 1.19 bits per heavy atom. The predicted molar refractivity (Wildman–Crippen MR) is 120 cm³/mol. The number of primary sulfonamides is 1. The smallest absolute Gasteiger partial charge is 0.238 e. The lowest BCUT2D eigenvalue weighted by Crippen LogP contribution is -2.61. The highest BCUT2D eigenvalue weighted by molar-refractivity contribution is 7.89. The van der Waals surface area contributed by atoms with Crippen LogP contribution in [0.5, 0.6) is 0 Å². The van der Waals surface area contributed by atoms with Crippen LogP contribution in [0.15, 0.2) is 29.3 Å². The summed E-state index contributed by atoms with van der Waals surface area (Å²) in [7, 11) is -1.75. The van der Waals surface area contributed by atoms with Gasteiger partial charge in [-0.2, -0.15) is 4.98 Å². The van der Waals surface area contributed by atoms with E-state index in [0.717, 1.165) is 19.0 Å². The van der Waals surface area contributed by atoms with Gasteiger partial charge < -0.3 is 10.6 Å². The number of likely N-dealkylation sites (tertiary alicyclic amines) is 1. The van der Waals surface area contributed by atoms with Crippen molar-refractivity contribution in [2.24, 2.45) is 5.14 Å². The number of hydrogen-bond acceptors (Lipinski definition) is 7. The third kappa shape index (κ3) is 5.13. The first-order valence-corrected chi connectivity index (χ1v) is 11.7. The number of hydrogen-bond donors (Lipinski definition) is 3. The van der Waals surface area contributed by atoms with Crippen molar-refractivity contribution in [3.05, 3.63) is 35.8 Å². The van der Waals surface area contributed by atoms with E-state index in [1.54, 1.807) is 19.1 Å². The molecule has 0 unspecified atom stereocenters. The number of nitrogens with two attached hydrogens (primary N) is 1. The Bertz CT molecular complexity index is 1070. The van der Waals surface area contributed by atoms with Crippen LogP contribution in [-0.4, -0.2) is 47.5 Å². The molecule has 10 heteroatoms. The second-order valence-corrected chi connectivity index (χ2v) is 11.0. The van der Waals surface area contributed by atoms with E-state index in [0.29, 0.717) is 11.3 Å². The van der Waals surface area contributed by atoms with Gasteiger partial charge in [-0.3, -0.25) is 4.90 Å². The Morgan fingerprint density at radius 3 is 2.39 bits per heavy atom. The van der Waals surface area contributed by atoms with Crippen LogP contribution in [0, 0.1) is 12.7 Å². The van der Waals surface area contributed by atoms with Gasteiger partial charge in [0.25, 0.3) is 0 Å². The van der Waals surface area contributed by atoms with Crippen LogP contribution in [-0.2, 0) is 10.0 Å². The predicted octanol–water partition coefficient (Wildman–Crippen LogP) is 3.38. The molecular formula is C21H31FN6O2S. The van der Waals surface area contributed by atoms with Gasteiger partial charge in [0.2, 0.25) is 16.0 Å². The van der Waals surface area contributed by atoms with E-state index < -0.39 is 15.8 Å². The summed E-state index contributed by atoms with van der Waals surface area (Å²) >= 11 is 0. The zero-order chi connectivity index (χ0) is 23.2. The van der Waals surface area contributed by atoms with Crippen molar-refractivity contribution in [3.8, 4) is 0 Å². The molecule has 0 atom stereocenters. The number of nitrogens with one attached hydrogen (secondary N) is 2. The minimum atomic E-state index is -3.87. The summed E-state index contributed by atoms with van der Waals surface area (Å²) in [6, 6.07) is 4.76. The molecule has 3 rings (SSSR count). The van der Waals surface area contributed by atoms with Crippen molar-refractivity contribution >= 4 is 27.5 Å². The fraction of sp³-hybridized carbons (Fsp3) is 0.524. The summed E-state index contributed by atoms with van der Waals surface area (Å²) in [6.45, 7) is 10.3. The van der Waals surface area contributed by atoms with Gasteiger partial charge >= 0.3 is 0 Å². The molecule has 0 saturated carbocycles. The summed E-state index contributed by atoms with van der Waals surface area (Å²) in [4.78, 5) is 10.6. The normalized spacial score (nSPS) is 19.2. The first kappa shape index (κ1) is 23.4. The number of benzene rings is 1. The van der Waals surface area contributed by atoms with Crippen molar-refractivity contribution < 1.29 is 12.8 Å². The van der Waals surface area contributed by atoms with Gasteiger partial charge in [-0.05, 0) is 72.2 Å². The zero-order valence-corrected chi connectivity index (χ0v) is 19.6. The Labute approximate surface area is 183 Å². The first-order chi connectivity index (χ1) is 14.2. The fourth-order valence-electron chi connectivity index (χ4n) is 4.31. The van der Waals surface area contributed by atoms with Crippen LogP contribution < -0.4 is 15.8 Å². The summed E-state index contributed by atoms with van der Waals surface area (Å²) < 4.78 is 38.0. The lowest BCUT2D eigenvalue weighted by molar-refractivity contribution is -0.00778. The van der Waals surface area contributed by atoms with E-state index >= 15 is 0 Å². The summed E-state index contributed by atoms with van der Waals surface area (Å²) in [5.74, 6) is -0.286. The highest BCUT2D eigenvalue weighted by Crippen LogP contribution is 2.38. The van der Waals surface area contributed by atoms with Crippen molar-refractivity contribution in [2.45, 2.75) is 69.5 Å². The number of anilines is 3. The van der Waals surface area contributed by atoms with Crippen LogP contribution in [0.25, 0.3) is 0 Å². The molecule has 0 bridgehead atoms. The second kappa shape index (κ2) is 7.99. The van der Waals surface area contributed by atoms with E-state index in [4.69, 9.17) is 5.14 Å². The molecule has 0 radical (unpaired) electrons. The summed E-state index contributed by atoms with van der Waals surface area (Å²) in [6.07, 6.45) is 2.75. The minimum Gasteiger partial charge on any atom is -0.365 e. The maximum Gasteiger partial charge on any atom is 0.238 e. The third-order valence-electron chi connectivity index (χ3n) is 6.14. The quantitative estimate of drug-likeness (QED) is 0.640. The zero-order valence-electron chi connectivity index (χ0n) is 18.8. The number of rotatable bonds is 5. The van der Waals surface area contributed by atoms with Crippen LogP contribution >= 0.6 is 0 Å². The van der Waals surface area contributed by atoms with Gasteiger partial charge in [0, 0.05) is 22.8 Å². The Morgan fingerprint density at radius 2 is 1.81 bits per heavy atom. The molecule has 1 aromatic carbocycles. The number of aromatic nitrogens is 2. The first-order valence-electron chi connectivity index (χ1n) is 10.1. The topological polar surface area (TPSA) is 113 Å².